The molecule has 2 saturated carbocycles. The van der Waals surface area contributed by atoms with Gasteiger partial charge in [0.15, 0.2) is 0 Å². The molecule has 0 aromatic heterocycles. The van der Waals surface area contributed by atoms with Gasteiger partial charge in [-0.05, 0) is 38.0 Å². The lowest BCUT2D eigenvalue weighted by atomic mass is 9.66. The van der Waals surface area contributed by atoms with E-state index in [9.17, 15) is 5.11 Å². The quantitative estimate of drug-likeness (QED) is 0.582. The SMILES string of the molecule is O[C@@]12CCCC1CCC1=CCC=C[C@@H]12. The minimum absolute atomic E-state index is 0.359. The molecule has 3 aliphatic carbocycles. The average molecular weight is 190 g/mol. The Morgan fingerprint density at radius 2 is 2.29 bits per heavy atom. The summed E-state index contributed by atoms with van der Waals surface area (Å²) < 4.78 is 0. The van der Waals surface area contributed by atoms with Crippen LogP contribution in [0.15, 0.2) is 23.8 Å². The van der Waals surface area contributed by atoms with Crippen molar-refractivity contribution in [3.05, 3.63) is 23.8 Å². The van der Waals surface area contributed by atoms with Crippen molar-refractivity contribution in [1.82, 2.24) is 0 Å². The van der Waals surface area contributed by atoms with Gasteiger partial charge in [-0.25, -0.2) is 0 Å². The molecule has 0 aromatic carbocycles. The molecule has 76 valence electrons. The summed E-state index contributed by atoms with van der Waals surface area (Å²) in [6, 6.07) is 0. The van der Waals surface area contributed by atoms with Crippen molar-refractivity contribution in [2.75, 3.05) is 0 Å². The Kier molecular flexibility index (Phi) is 1.85. The van der Waals surface area contributed by atoms with Crippen LogP contribution in [-0.4, -0.2) is 10.7 Å². The van der Waals surface area contributed by atoms with E-state index in [2.05, 4.69) is 18.2 Å². The van der Waals surface area contributed by atoms with E-state index in [0.717, 1.165) is 12.8 Å². The Labute approximate surface area is 85.5 Å². The van der Waals surface area contributed by atoms with Crippen LogP contribution in [0.5, 0.6) is 0 Å². The maximum absolute atomic E-state index is 10.7. The van der Waals surface area contributed by atoms with Crippen LogP contribution in [0, 0.1) is 11.8 Å². The van der Waals surface area contributed by atoms with Crippen LogP contribution in [0.1, 0.15) is 38.5 Å². The summed E-state index contributed by atoms with van der Waals surface area (Å²) >= 11 is 0. The predicted molar refractivity (Wildman–Crippen MR) is 56.9 cm³/mol. The van der Waals surface area contributed by atoms with Crippen molar-refractivity contribution in [3.63, 3.8) is 0 Å². The summed E-state index contributed by atoms with van der Waals surface area (Å²) in [5.74, 6) is 0.935. The number of fused-ring (bicyclic) bond motifs is 3. The molecule has 14 heavy (non-hydrogen) atoms. The normalized spacial score (nSPS) is 45.6. The molecule has 3 rings (SSSR count). The van der Waals surface area contributed by atoms with Gasteiger partial charge in [0, 0.05) is 5.92 Å². The lowest BCUT2D eigenvalue weighted by Crippen LogP contribution is -2.45. The number of allylic oxidation sites excluding steroid dienone is 2. The molecule has 1 unspecified atom stereocenters. The van der Waals surface area contributed by atoms with Crippen LogP contribution in [0.25, 0.3) is 0 Å². The first-order valence-corrected chi connectivity index (χ1v) is 5.89. The highest BCUT2D eigenvalue weighted by atomic mass is 16.3. The van der Waals surface area contributed by atoms with Gasteiger partial charge in [0.05, 0.1) is 5.60 Å². The van der Waals surface area contributed by atoms with Crippen molar-refractivity contribution in [2.24, 2.45) is 11.8 Å². The summed E-state index contributed by atoms with van der Waals surface area (Å²) in [6.07, 6.45) is 13.8. The van der Waals surface area contributed by atoms with E-state index in [1.807, 2.05) is 0 Å². The monoisotopic (exact) mass is 190 g/mol. The fraction of sp³-hybridized carbons (Fsp3) is 0.692. The molecule has 1 heteroatoms. The van der Waals surface area contributed by atoms with Crippen LogP contribution >= 0.6 is 0 Å². The van der Waals surface area contributed by atoms with E-state index in [-0.39, 0.29) is 5.60 Å². The average Bonchev–Trinajstić information content (AvgIpc) is 2.60. The van der Waals surface area contributed by atoms with Crippen LogP contribution in [0.4, 0.5) is 0 Å². The predicted octanol–water partition coefficient (Wildman–Crippen LogP) is 2.81. The Morgan fingerprint density at radius 3 is 3.21 bits per heavy atom. The second-order valence-electron chi connectivity index (χ2n) is 5.04. The molecule has 1 N–H and O–H groups in total. The Hall–Kier alpha value is -0.560. The van der Waals surface area contributed by atoms with E-state index < -0.39 is 0 Å². The third kappa shape index (κ3) is 1.05. The highest BCUT2D eigenvalue weighted by molar-refractivity contribution is 5.28. The minimum Gasteiger partial charge on any atom is -0.389 e. The van der Waals surface area contributed by atoms with E-state index in [1.54, 1.807) is 0 Å². The lowest BCUT2D eigenvalue weighted by Gasteiger charge is -2.43. The van der Waals surface area contributed by atoms with E-state index in [4.69, 9.17) is 0 Å². The first-order valence-electron chi connectivity index (χ1n) is 5.89. The van der Waals surface area contributed by atoms with Crippen LogP contribution in [-0.2, 0) is 0 Å². The summed E-state index contributed by atoms with van der Waals surface area (Å²) in [7, 11) is 0. The molecule has 0 aromatic rings. The summed E-state index contributed by atoms with van der Waals surface area (Å²) in [5, 5.41) is 10.7. The van der Waals surface area contributed by atoms with Crippen molar-refractivity contribution in [3.8, 4) is 0 Å². The smallest absolute Gasteiger partial charge is 0.0775 e. The largest absolute Gasteiger partial charge is 0.389 e. The van der Waals surface area contributed by atoms with Crippen LogP contribution in [0.3, 0.4) is 0 Å². The maximum Gasteiger partial charge on any atom is 0.0775 e. The number of hydrogen-bond donors (Lipinski definition) is 1. The number of rotatable bonds is 0. The molecular formula is C13H18O. The van der Waals surface area contributed by atoms with Gasteiger partial charge in [-0.2, -0.15) is 0 Å². The summed E-state index contributed by atoms with van der Waals surface area (Å²) in [5.41, 5.74) is 1.13. The zero-order valence-electron chi connectivity index (χ0n) is 8.58. The molecule has 2 fully saturated rings. The fourth-order valence-corrected chi connectivity index (χ4v) is 3.66. The minimum atomic E-state index is -0.374. The highest BCUT2D eigenvalue weighted by Gasteiger charge is 2.49. The van der Waals surface area contributed by atoms with E-state index >= 15 is 0 Å². The van der Waals surface area contributed by atoms with Gasteiger partial charge in [0.25, 0.3) is 0 Å². The zero-order valence-corrected chi connectivity index (χ0v) is 8.58. The number of hydrogen-bond acceptors (Lipinski definition) is 1. The van der Waals surface area contributed by atoms with Gasteiger partial charge >= 0.3 is 0 Å². The van der Waals surface area contributed by atoms with Crippen molar-refractivity contribution >= 4 is 0 Å². The molecule has 0 bridgehead atoms. The van der Waals surface area contributed by atoms with E-state index in [1.165, 1.54) is 31.3 Å². The molecule has 1 nitrogen and oxygen atoms in total. The van der Waals surface area contributed by atoms with Gasteiger partial charge in [0.2, 0.25) is 0 Å². The highest BCUT2D eigenvalue weighted by Crippen LogP contribution is 2.51. The fourth-order valence-electron chi connectivity index (χ4n) is 3.66. The van der Waals surface area contributed by atoms with Crippen molar-refractivity contribution < 1.29 is 5.11 Å². The maximum atomic E-state index is 10.7. The van der Waals surface area contributed by atoms with Gasteiger partial charge in [-0.1, -0.05) is 30.2 Å². The van der Waals surface area contributed by atoms with Gasteiger partial charge in [0.1, 0.15) is 0 Å². The Balaban J connectivity index is 1.98. The third-order valence-corrected chi connectivity index (χ3v) is 4.40. The molecule has 0 saturated heterocycles. The second-order valence-corrected chi connectivity index (χ2v) is 5.04. The Bertz CT molecular complexity index is 302. The zero-order chi connectivity index (χ0) is 9.60. The van der Waals surface area contributed by atoms with Gasteiger partial charge in [-0.3, -0.25) is 0 Å². The molecule has 3 atom stereocenters. The summed E-state index contributed by atoms with van der Waals surface area (Å²) in [6.45, 7) is 0. The first-order chi connectivity index (χ1) is 6.81. The molecule has 0 spiro atoms. The standard InChI is InChI=1S/C13H18O/c14-13-9-3-5-11(13)8-7-10-4-1-2-6-12(10)13/h2,4,6,11-12,14H,1,3,5,7-9H2/t11?,12-,13-/m0/s1. The first kappa shape index (κ1) is 8.72. The molecule has 3 aliphatic rings. The second kappa shape index (κ2) is 2.96. The molecule has 0 radical (unpaired) electrons. The van der Waals surface area contributed by atoms with Crippen molar-refractivity contribution in [2.45, 2.75) is 44.1 Å². The molecular weight excluding hydrogens is 172 g/mol. The number of aliphatic hydroxyl groups is 1. The molecule has 0 heterocycles. The van der Waals surface area contributed by atoms with Crippen LogP contribution in [0.2, 0.25) is 0 Å². The Morgan fingerprint density at radius 1 is 1.36 bits per heavy atom. The van der Waals surface area contributed by atoms with Gasteiger partial charge < -0.3 is 5.11 Å². The summed E-state index contributed by atoms with van der Waals surface area (Å²) in [4.78, 5) is 0. The molecule has 0 amide bonds. The van der Waals surface area contributed by atoms with Gasteiger partial charge in [-0.15, -0.1) is 0 Å². The topological polar surface area (TPSA) is 20.2 Å². The van der Waals surface area contributed by atoms with E-state index in [0.29, 0.717) is 11.8 Å². The lowest BCUT2D eigenvalue weighted by molar-refractivity contribution is -0.0403. The van der Waals surface area contributed by atoms with Crippen LogP contribution < -0.4 is 0 Å². The van der Waals surface area contributed by atoms with Crippen molar-refractivity contribution in [1.29, 1.82) is 0 Å². The third-order valence-electron chi connectivity index (χ3n) is 4.40. The molecule has 0 aliphatic heterocycles.